The fourth-order valence-corrected chi connectivity index (χ4v) is 2.66. The number of aryl methyl sites for hydroxylation is 3. The number of nitrogens with zero attached hydrogens (tertiary/aromatic N) is 2. The molecule has 0 radical (unpaired) electrons. The first kappa shape index (κ1) is 15.6. The molecule has 0 saturated carbocycles. The lowest BCUT2D eigenvalue weighted by atomic mass is 9.98. The van der Waals surface area contributed by atoms with Gasteiger partial charge in [-0.05, 0) is 44.0 Å². The van der Waals surface area contributed by atoms with Crippen molar-refractivity contribution in [3.63, 3.8) is 0 Å². The van der Waals surface area contributed by atoms with Gasteiger partial charge in [-0.2, -0.15) is 5.10 Å². The number of nitrogens with one attached hydrogen (secondary N) is 1. The van der Waals surface area contributed by atoms with E-state index in [0.717, 1.165) is 25.1 Å². The van der Waals surface area contributed by atoms with E-state index in [1.807, 2.05) is 17.9 Å². The molecule has 1 N–H and O–H groups in total. The molecule has 2 rings (SSSR count). The van der Waals surface area contributed by atoms with Crippen LogP contribution in [0.15, 0.2) is 30.5 Å². The molecule has 0 aliphatic heterocycles. The zero-order valence-corrected chi connectivity index (χ0v) is 13.4. The summed E-state index contributed by atoms with van der Waals surface area (Å²) in [6, 6.07) is 8.79. The highest BCUT2D eigenvalue weighted by molar-refractivity contribution is 5.39. The quantitative estimate of drug-likeness (QED) is 0.851. The van der Waals surface area contributed by atoms with Gasteiger partial charge < -0.3 is 10.1 Å². The van der Waals surface area contributed by atoms with E-state index >= 15 is 0 Å². The molecular formula is C17H25N3O. The number of benzene rings is 1. The van der Waals surface area contributed by atoms with E-state index in [-0.39, 0.29) is 0 Å². The highest BCUT2D eigenvalue weighted by Crippen LogP contribution is 2.29. The number of aromatic nitrogens is 2. The van der Waals surface area contributed by atoms with E-state index in [4.69, 9.17) is 4.74 Å². The van der Waals surface area contributed by atoms with Gasteiger partial charge in [0.15, 0.2) is 0 Å². The molecule has 0 aliphatic rings. The minimum Gasteiger partial charge on any atom is -0.496 e. The Labute approximate surface area is 127 Å². The van der Waals surface area contributed by atoms with E-state index in [9.17, 15) is 0 Å². The van der Waals surface area contributed by atoms with Crippen molar-refractivity contribution in [2.45, 2.75) is 32.7 Å². The van der Waals surface area contributed by atoms with Crippen molar-refractivity contribution < 1.29 is 4.74 Å². The molecule has 1 atom stereocenters. The monoisotopic (exact) mass is 287 g/mol. The van der Waals surface area contributed by atoms with Gasteiger partial charge in [0.1, 0.15) is 5.75 Å². The molecule has 1 aromatic carbocycles. The van der Waals surface area contributed by atoms with E-state index in [0.29, 0.717) is 6.04 Å². The van der Waals surface area contributed by atoms with Crippen LogP contribution in [0.4, 0.5) is 0 Å². The summed E-state index contributed by atoms with van der Waals surface area (Å²) in [5, 5.41) is 7.80. The molecule has 21 heavy (non-hydrogen) atoms. The molecule has 0 saturated heterocycles. The number of rotatable bonds is 7. The molecular weight excluding hydrogens is 262 g/mol. The molecule has 4 nitrogen and oxygen atoms in total. The van der Waals surface area contributed by atoms with Crippen LogP contribution in [0.2, 0.25) is 0 Å². The molecule has 0 bridgehead atoms. The summed E-state index contributed by atoms with van der Waals surface area (Å²) in [5.41, 5.74) is 3.70. The zero-order valence-electron chi connectivity index (χ0n) is 13.4. The number of hydrogen-bond acceptors (Lipinski definition) is 3. The van der Waals surface area contributed by atoms with E-state index in [1.54, 1.807) is 7.11 Å². The standard InChI is InChI=1S/C17H25N3O/c1-5-18-16(9-7-14-10-11-19-20(14)3)15-8-6-13(2)12-17(15)21-4/h6,8,10-12,16,18H,5,7,9H2,1-4H3. The predicted octanol–water partition coefficient (Wildman–Crippen LogP) is 3.02. The predicted molar refractivity (Wildman–Crippen MR) is 85.7 cm³/mol. The van der Waals surface area contributed by atoms with Gasteiger partial charge in [-0.1, -0.05) is 19.1 Å². The van der Waals surface area contributed by atoms with Crippen molar-refractivity contribution in [3.8, 4) is 5.75 Å². The van der Waals surface area contributed by atoms with Crippen molar-refractivity contribution in [1.29, 1.82) is 0 Å². The summed E-state index contributed by atoms with van der Waals surface area (Å²) in [4.78, 5) is 0. The summed E-state index contributed by atoms with van der Waals surface area (Å²) in [7, 11) is 3.73. The van der Waals surface area contributed by atoms with Crippen LogP contribution in [0.5, 0.6) is 5.75 Å². The highest BCUT2D eigenvalue weighted by Gasteiger charge is 2.16. The molecule has 0 amide bonds. The first-order valence-electron chi connectivity index (χ1n) is 7.50. The third kappa shape index (κ3) is 3.85. The maximum atomic E-state index is 5.56. The molecule has 0 fully saturated rings. The molecule has 0 aliphatic carbocycles. The zero-order chi connectivity index (χ0) is 15.2. The molecule has 114 valence electrons. The van der Waals surface area contributed by atoms with Gasteiger partial charge >= 0.3 is 0 Å². The van der Waals surface area contributed by atoms with Crippen molar-refractivity contribution >= 4 is 0 Å². The van der Waals surface area contributed by atoms with Crippen LogP contribution in [-0.2, 0) is 13.5 Å². The fourth-order valence-electron chi connectivity index (χ4n) is 2.66. The number of ether oxygens (including phenoxy) is 1. The minimum atomic E-state index is 0.292. The minimum absolute atomic E-state index is 0.292. The summed E-state index contributed by atoms with van der Waals surface area (Å²) in [6.07, 6.45) is 3.86. The lowest BCUT2D eigenvalue weighted by molar-refractivity contribution is 0.395. The second kappa shape index (κ2) is 7.27. The number of methoxy groups -OCH3 is 1. The summed E-state index contributed by atoms with van der Waals surface area (Å²) in [6.45, 7) is 5.16. The van der Waals surface area contributed by atoms with Crippen molar-refractivity contribution in [2.24, 2.45) is 7.05 Å². The summed E-state index contributed by atoms with van der Waals surface area (Å²) in [5.74, 6) is 0.964. The Morgan fingerprint density at radius 1 is 1.33 bits per heavy atom. The van der Waals surface area contributed by atoms with Crippen LogP contribution in [0.3, 0.4) is 0 Å². The molecule has 2 aromatic rings. The van der Waals surface area contributed by atoms with Gasteiger partial charge in [-0.25, -0.2) is 0 Å². The Hall–Kier alpha value is -1.81. The van der Waals surface area contributed by atoms with Crippen molar-refractivity contribution in [1.82, 2.24) is 15.1 Å². The van der Waals surface area contributed by atoms with Crippen molar-refractivity contribution in [3.05, 3.63) is 47.3 Å². The maximum Gasteiger partial charge on any atom is 0.123 e. The molecule has 1 aromatic heterocycles. The van der Waals surface area contributed by atoms with E-state index in [1.165, 1.54) is 16.8 Å². The Morgan fingerprint density at radius 2 is 2.14 bits per heavy atom. The van der Waals surface area contributed by atoms with Crippen LogP contribution < -0.4 is 10.1 Å². The molecule has 4 heteroatoms. The average Bonchev–Trinajstić information content (AvgIpc) is 2.89. The first-order valence-corrected chi connectivity index (χ1v) is 7.50. The second-order valence-electron chi connectivity index (χ2n) is 5.34. The van der Waals surface area contributed by atoms with Crippen molar-refractivity contribution in [2.75, 3.05) is 13.7 Å². The smallest absolute Gasteiger partial charge is 0.123 e. The third-order valence-corrected chi connectivity index (χ3v) is 3.83. The summed E-state index contributed by atoms with van der Waals surface area (Å²) < 4.78 is 7.50. The van der Waals surface area contributed by atoms with Gasteiger partial charge in [-0.3, -0.25) is 4.68 Å². The van der Waals surface area contributed by atoms with Gasteiger partial charge in [0.25, 0.3) is 0 Å². The van der Waals surface area contributed by atoms with Gasteiger partial charge in [0.05, 0.1) is 7.11 Å². The van der Waals surface area contributed by atoms with Gasteiger partial charge in [-0.15, -0.1) is 0 Å². The van der Waals surface area contributed by atoms with E-state index in [2.05, 4.69) is 48.5 Å². The van der Waals surface area contributed by atoms with E-state index < -0.39 is 0 Å². The van der Waals surface area contributed by atoms with Crippen LogP contribution in [0, 0.1) is 6.92 Å². The van der Waals surface area contributed by atoms with Crippen LogP contribution >= 0.6 is 0 Å². The summed E-state index contributed by atoms with van der Waals surface area (Å²) >= 11 is 0. The maximum absolute atomic E-state index is 5.56. The van der Waals surface area contributed by atoms with Gasteiger partial charge in [0, 0.05) is 30.5 Å². The largest absolute Gasteiger partial charge is 0.496 e. The second-order valence-corrected chi connectivity index (χ2v) is 5.34. The lowest BCUT2D eigenvalue weighted by Gasteiger charge is -2.21. The SMILES string of the molecule is CCNC(CCc1ccnn1C)c1ccc(C)cc1OC. The van der Waals surface area contributed by atoms with Crippen LogP contribution in [-0.4, -0.2) is 23.4 Å². The highest BCUT2D eigenvalue weighted by atomic mass is 16.5. The Bertz CT molecular complexity index is 577. The average molecular weight is 287 g/mol. The Balaban J connectivity index is 2.16. The molecule has 0 spiro atoms. The number of hydrogen-bond donors (Lipinski definition) is 1. The Morgan fingerprint density at radius 3 is 2.76 bits per heavy atom. The van der Waals surface area contributed by atoms with Crippen LogP contribution in [0.1, 0.15) is 36.2 Å². The Kier molecular flexibility index (Phi) is 5.39. The third-order valence-electron chi connectivity index (χ3n) is 3.83. The fraction of sp³-hybridized carbons (Fsp3) is 0.471. The lowest BCUT2D eigenvalue weighted by Crippen LogP contribution is -2.22. The molecule has 1 unspecified atom stereocenters. The normalized spacial score (nSPS) is 12.4. The topological polar surface area (TPSA) is 39.1 Å². The van der Waals surface area contributed by atoms with Gasteiger partial charge in [0.2, 0.25) is 0 Å². The van der Waals surface area contributed by atoms with Crippen LogP contribution in [0.25, 0.3) is 0 Å². The first-order chi connectivity index (χ1) is 10.2. The molecule has 1 heterocycles.